The molecule has 1 aromatic rings. The highest BCUT2D eigenvalue weighted by Gasteiger charge is 2.43. The number of carbonyl (C=O) groups is 1. The number of carbonyl (C=O) groups excluding carboxylic acids is 1. The molecular weight excluding hydrogens is 243 g/mol. The first kappa shape index (κ1) is 14.0. The molecular formula is C15H21FN2O. The molecule has 1 aromatic carbocycles. The number of hydrogen-bond acceptors (Lipinski definition) is 2. The molecule has 0 heterocycles. The molecule has 1 fully saturated rings. The van der Waals surface area contributed by atoms with Gasteiger partial charge in [-0.1, -0.05) is 18.6 Å². The van der Waals surface area contributed by atoms with Crippen molar-refractivity contribution in [2.24, 2.45) is 5.41 Å². The zero-order valence-corrected chi connectivity index (χ0v) is 11.3. The molecule has 0 saturated heterocycles. The van der Waals surface area contributed by atoms with Gasteiger partial charge >= 0.3 is 0 Å². The van der Waals surface area contributed by atoms with Gasteiger partial charge in [0.15, 0.2) is 0 Å². The van der Waals surface area contributed by atoms with Crippen molar-refractivity contribution in [3.05, 3.63) is 35.6 Å². The molecule has 0 spiro atoms. The standard InChI is InChI=1S/C15H21FN2O/c1-17-11-15(7-3-8-15)14(19)18-9-6-12-4-2-5-13(16)10-12/h2,4-5,10,17H,3,6-9,11H2,1H3,(H,18,19). The lowest BCUT2D eigenvalue weighted by molar-refractivity contribution is -0.135. The van der Waals surface area contributed by atoms with Crippen molar-refractivity contribution >= 4 is 5.91 Å². The quantitative estimate of drug-likeness (QED) is 0.823. The van der Waals surface area contributed by atoms with Crippen LogP contribution in [-0.4, -0.2) is 26.0 Å². The fraction of sp³-hybridized carbons (Fsp3) is 0.533. The molecule has 4 heteroatoms. The number of benzene rings is 1. The Balaban J connectivity index is 1.80. The van der Waals surface area contributed by atoms with Gasteiger partial charge in [0, 0.05) is 13.1 Å². The van der Waals surface area contributed by atoms with E-state index in [1.54, 1.807) is 6.07 Å². The summed E-state index contributed by atoms with van der Waals surface area (Å²) in [6, 6.07) is 6.51. The van der Waals surface area contributed by atoms with Crippen LogP contribution in [0.1, 0.15) is 24.8 Å². The summed E-state index contributed by atoms with van der Waals surface area (Å²) in [6.45, 7) is 1.30. The highest BCUT2D eigenvalue weighted by Crippen LogP contribution is 2.40. The van der Waals surface area contributed by atoms with E-state index in [-0.39, 0.29) is 17.1 Å². The number of rotatable bonds is 6. The molecule has 2 N–H and O–H groups in total. The number of hydrogen-bond donors (Lipinski definition) is 2. The maximum absolute atomic E-state index is 13.0. The first-order chi connectivity index (χ1) is 9.16. The summed E-state index contributed by atoms with van der Waals surface area (Å²) in [5, 5.41) is 6.07. The van der Waals surface area contributed by atoms with Crippen molar-refractivity contribution in [1.82, 2.24) is 10.6 Å². The van der Waals surface area contributed by atoms with Gasteiger partial charge in [0.2, 0.25) is 5.91 Å². The van der Waals surface area contributed by atoms with Crippen molar-refractivity contribution in [2.75, 3.05) is 20.1 Å². The molecule has 0 aliphatic heterocycles. The maximum atomic E-state index is 13.0. The van der Waals surface area contributed by atoms with Gasteiger partial charge in [0.25, 0.3) is 0 Å². The molecule has 0 aromatic heterocycles. The monoisotopic (exact) mass is 264 g/mol. The molecule has 2 rings (SSSR count). The first-order valence-electron chi connectivity index (χ1n) is 6.84. The van der Waals surface area contributed by atoms with Crippen LogP contribution in [-0.2, 0) is 11.2 Å². The summed E-state index contributed by atoms with van der Waals surface area (Å²) < 4.78 is 13.0. The van der Waals surface area contributed by atoms with Gasteiger partial charge < -0.3 is 10.6 Å². The molecule has 0 bridgehead atoms. The average molecular weight is 264 g/mol. The SMILES string of the molecule is CNCC1(C(=O)NCCc2cccc(F)c2)CCC1. The summed E-state index contributed by atoms with van der Waals surface area (Å²) in [7, 11) is 1.88. The van der Waals surface area contributed by atoms with Crippen LogP contribution < -0.4 is 10.6 Å². The second kappa shape index (κ2) is 6.15. The Morgan fingerprint density at radius 2 is 2.21 bits per heavy atom. The number of nitrogens with one attached hydrogen (secondary N) is 2. The Kier molecular flexibility index (Phi) is 4.53. The molecule has 1 aliphatic carbocycles. The van der Waals surface area contributed by atoms with Gasteiger partial charge in [0.1, 0.15) is 5.82 Å². The van der Waals surface area contributed by atoms with Crippen molar-refractivity contribution in [1.29, 1.82) is 0 Å². The molecule has 0 atom stereocenters. The number of halogens is 1. The van der Waals surface area contributed by atoms with E-state index < -0.39 is 0 Å². The van der Waals surface area contributed by atoms with Crippen molar-refractivity contribution in [2.45, 2.75) is 25.7 Å². The molecule has 1 aliphatic rings. The second-order valence-electron chi connectivity index (χ2n) is 5.30. The summed E-state index contributed by atoms with van der Waals surface area (Å²) in [4.78, 5) is 12.2. The third kappa shape index (κ3) is 3.32. The predicted molar refractivity (Wildman–Crippen MR) is 73.3 cm³/mol. The molecule has 3 nitrogen and oxygen atoms in total. The van der Waals surface area contributed by atoms with Crippen molar-refractivity contribution < 1.29 is 9.18 Å². The van der Waals surface area contributed by atoms with Crippen LogP contribution in [0.2, 0.25) is 0 Å². The van der Waals surface area contributed by atoms with E-state index in [2.05, 4.69) is 10.6 Å². The Hall–Kier alpha value is -1.42. The van der Waals surface area contributed by atoms with Crippen LogP contribution >= 0.6 is 0 Å². The fourth-order valence-corrected chi connectivity index (χ4v) is 2.63. The summed E-state index contributed by atoms with van der Waals surface area (Å²) in [5.41, 5.74) is 0.702. The lowest BCUT2D eigenvalue weighted by atomic mass is 9.68. The van der Waals surface area contributed by atoms with E-state index in [0.717, 1.165) is 31.4 Å². The predicted octanol–water partition coefficient (Wildman–Crippen LogP) is 1.87. The zero-order valence-electron chi connectivity index (χ0n) is 11.3. The van der Waals surface area contributed by atoms with Crippen LogP contribution in [0.15, 0.2) is 24.3 Å². The van der Waals surface area contributed by atoms with E-state index >= 15 is 0 Å². The third-order valence-electron chi connectivity index (χ3n) is 3.90. The zero-order chi connectivity index (χ0) is 13.7. The summed E-state index contributed by atoms with van der Waals surface area (Å²) in [5.74, 6) is -0.0982. The maximum Gasteiger partial charge on any atom is 0.227 e. The lowest BCUT2D eigenvalue weighted by Gasteiger charge is -2.40. The van der Waals surface area contributed by atoms with E-state index in [0.29, 0.717) is 13.0 Å². The molecule has 1 saturated carbocycles. The molecule has 19 heavy (non-hydrogen) atoms. The highest BCUT2D eigenvalue weighted by molar-refractivity contribution is 5.83. The van der Waals surface area contributed by atoms with Crippen LogP contribution in [0.25, 0.3) is 0 Å². The minimum Gasteiger partial charge on any atom is -0.355 e. The molecule has 104 valence electrons. The van der Waals surface area contributed by atoms with Crippen LogP contribution in [0.4, 0.5) is 4.39 Å². The van der Waals surface area contributed by atoms with E-state index in [1.165, 1.54) is 12.1 Å². The highest BCUT2D eigenvalue weighted by atomic mass is 19.1. The van der Waals surface area contributed by atoms with Gasteiger partial charge in [-0.05, 0) is 44.0 Å². The second-order valence-corrected chi connectivity index (χ2v) is 5.30. The Morgan fingerprint density at radius 3 is 2.79 bits per heavy atom. The largest absolute Gasteiger partial charge is 0.355 e. The Labute approximate surface area is 113 Å². The normalized spacial score (nSPS) is 16.7. The molecule has 0 radical (unpaired) electrons. The summed E-state index contributed by atoms with van der Waals surface area (Å²) in [6.07, 6.45) is 3.71. The Morgan fingerprint density at radius 1 is 1.42 bits per heavy atom. The van der Waals surface area contributed by atoms with Gasteiger partial charge in [-0.3, -0.25) is 4.79 Å². The van der Waals surface area contributed by atoms with Gasteiger partial charge in [-0.15, -0.1) is 0 Å². The Bertz CT molecular complexity index is 444. The first-order valence-corrected chi connectivity index (χ1v) is 6.84. The molecule has 1 amide bonds. The fourth-order valence-electron chi connectivity index (χ4n) is 2.63. The average Bonchev–Trinajstić information content (AvgIpc) is 2.33. The van der Waals surface area contributed by atoms with Gasteiger partial charge in [0.05, 0.1) is 5.41 Å². The van der Waals surface area contributed by atoms with E-state index in [9.17, 15) is 9.18 Å². The van der Waals surface area contributed by atoms with Crippen LogP contribution in [0, 0.1) is 11.2 Å². The topological polar surface area (TPSA) is 41.1 Å². The lowest BCUT2D eigenvalue weighted by Crippen LogP contribution is -2.51. The summed E-state index contributed by atoms with van der Waals surface area (Å²) >= 11 is 0. The van der Waals surface area contributed by atoms with Crippen molar-refractivity contribution in [3.63, 3.8) is 0 Å². The minimum atomic E-state index is -0.227. The van der Waals surface area contributed by atoms with Crippen LogP contribution in [0.5, 0.6) is 0 Å². The molecule has 0 unspecified atom stereocenters. The van der Waals surface area contributed by atoms with Crippen LogP contribution in [0.3, 0.4) is 0 Å². The third-order valence-corrected chi connectivity index (χ3v) is 3.90. The van der Waals surface area contributed by atoms with E-state index in [1.807, 2.05) is 13.1 Å². The smallest absolute Gasteiger partial charge is 0.227 e. The minimum absolute atomic E-state index is 0.129. The van der Waals surface area contributed by atoms with Crippen molar-refractivity contribution in [3.8, 4) is 0 Å². The van der Waals surface area contributed by atoms with E-state index in [4.69, 9.17) is 0 Å². The number of amides is 1. The van der Waals surface area contributed by atoms with Gasteiger partial charge in [-0.2, -0.15) is 0 Å². The van der Waals surface area contributed by atoms with Gasteiger partial charge in [-0.25, -0.2) is 4.39 Å².